The molecule has 3 N–H and O–H groups in total. The number of rotatable bonds is 2. The molecule has 2 aliphatic heterocycles. The van der Waals surface area contributed by atoms with Gasteiger partial charge in [0.15, 0.2) is 5.84 Å². The van der Waals surface area contributed by atoms with Gasteiger partial charge in [0, 0.05) is 7.97 Å². The van der Waals surface area contributed by atoms with Crippen molar-refractivity contribution in [1.29, 1.82) is 10.8 Å². The van der Waals surface area contributed by atoms with E-state index in [4.69, 9.17) is 24.9 Å². The summed E-state index contributed by atoms with van der Waals surface area (Å²) in [4.78, 5) is 19.2. The molecule has 0 spiro atoms. The lowest BCUT2D eigenvalue weighted by Gasteiger charge is -2.32. The fourth-order valence-corrected chi connectivity index (χ4v) is 3.75. The predicted octanol–water partition coefficient (Wildman–Crippen LogP) is 3.29. The molecule has 1 saturated heterocycles. The van der Waals surface area contributed by atoms with Gasteiger partial charge in [-0.25, -0.2) is 4.98 Å². The SMILES string of the molecule is CC1(C)OB(c2ccc3c(c2)C(=O)Nc2cccc(n2)C(=N)N(C=N)CCCCO3)OC1(C)C.[HH]. The molecule has 1 amide bonds. The monoisotopic (exact) mass is 465 g/mol. The molecule has 2 aliphatic rings. The molecular formula is C24H32BN5O4. The van der Waals surface area contributed by atoms with E-state index in [1.54, 1.807) is 30.3 Å². The smallest absolute Gasteiger partial charge is 0.493 e. The van der Waals surface area contributed by atoms with Crippen molar-refractivity contribution in [1.82, 2.24) is 9.88 Å². The topological polar surface area (TPSA) is 121 Å². The highest BCUT2D eigenvalue weighted by atomic mass is 16.7. The molecule has 1 aromatic carbocycles. The maximum absolute atomic E-state index is 13.3. The number of benzene rings is 1. The van der Waals surface area contributed by atoms with Gasteiger partial charge in [-0.1, -0.05) is 12.1 Å². The van der Waals surface area contributed by atoms with E-state index < -0.39 is 18.3 Å². The lowest BCUT2D eigenvalue weighted by atomic mass is 9.78. The number of hydrogen-bond donors (Lipinski definition) is 3. The third-order valence-electron chi connectivity index (χ3n) is 6.50. The van der Waals surface area contributed by atoms with Crippen LogP contribution in [0, 0.1) is 10.8 Å². The van der Waals surface area contributed by atoms with Gasteiger partial charge < -0.3 is 24.3 Å². The second kappa shape index (κ2) is 9.19. The molecule has 0 aliphatic carbocycles. The number of fused-ring (bicyclic) bond motifs is 3. The summed E-state index contributed by atoms with van der Waals surface area (Å²) in [6.07, 6.45) is 2.53. The molecule has 4 rings (SSSR count). The zero-order valence-electron chi connectivity index (χ0n) is 20.0. The Bertz CT molecular complexity index is 1110. The highest BCUT2D eigenvalue weighted by Crippen LogP contribution is 2.36. The van der Waals surface area contributed by atoms with Crippen LogP contribution in [0.5, 0.6) is 5.75 Å². The van der Waals surface area contributed by atoms with E-state index in [0.717, 1.165) is 11.8 Å². The van der Waals surface area contributed by atoms with E-state index in [0.29, 0.717) is 48.8 Å². The van der Waals surface area contributed by atoms with Crippen molar-refractivity contribution in [3.8, 4) is 5.75 Å². The van der Waals surface area contributed by atoms with Crippen LogP contribution in [-0.2, 0) is 9.31 Å². The van der Waals surface area contributed by atoms with Gasteiger partial charge in [-0.3, -0.25) is 15.6 Å². The molecule has 180 valence electrons. The summed E-state index contributed by atoms with van der Waals surface area (Å²) in [6.45, 7) is 8.84. The Morgan fingerprint density at radius 3 is 2.59 bits per heavy atom. The number of nitrogens with one attached hydrogen (secondary N) is 3. The molecule has 1 fully saturated rings. The number of nitrogens with zero attached hydrogens (tertiary/aromatic N) is 2. The van der Waals surface area contributed by atoms with E-state index in [1.165, 1.54) is 4.90 Å². The Balaban J connectivity index is 0.00000342. The molecule has 0 saturated carbocycles. The van der Waals surface area contributed by atoms with E-state index in [1.807, 2.05) is 33.8 Å². The van der Waals surface area contributed by atoms with Crippen molar-refractivity contribution in [2.45, 2.75) is 51.7 Å². The van der Waals surface area contributed by atoms with Crippen LogP contribution in [0.4, 0.5) is 5.82 Å². The van der Waals surface area contributed by atoms with Crippen LogP contribution in [-0.4, -0.2) is 59.4 Å². The van der Waals surface area contributed by atoms with E-state index in [2.05, 4.69) is 10.3 Å². The maximum Gasteiger partial charge on any atom is 0.494 e. The minimum absolute atomic E-state index is 0. The first kappa shape index (κ1) is 23.9. The minimum atomic E-state index is -0.606. The van der Waals surface area contributed by atoms with E-state index >= 15 is 0 Å². The molecule has 2 aromatic rings. The van der Waals surface area contributed by atoms with E-state index in [-0.39, 0.29) is 13.2 Å². The second-order valence-corrected chi connectivity index (χ2v) is 9.43. The number of amides is 1. The molecule has 0 radical (unpaired) electrons. The highest BCUT2D eigenvalue weighted by molar-refractivity contribution is 6.62. The Morgan fingerprint density at radius 1 is 1.15 bits per heavy atom. The van der Waals surface area contributed by atoms with Crippen LogP contribution < -0.4 is 15.5 Å². The van der Waals surface area contributed by atoms with Gasteiger partial charge >= 0.3 is 7.12 Å². The molecule has 10 heteroatoms. The number of anilines is 1. The average molecular weight is 465 g/mol. The maximum atomic E-state index is 13.3. The van der Waals surface area contributed by atoms with Gasteiger partial charge in [0.1, 0.15) is 17.3 Å². The normalized spacial score (nSPS) is 20.1. The van der Waals surface area contributed by atoms with Crippen molar-refractivity contribution in [3.05, 3.63) is 47.7 Å². The fraction of sp³-hybridized carbons (Fsp3) is 0.417. The van der Waals surface area contributed by atoms with Crippen molar-refractivity contribution < 1.29 is 20.3 Å². The van der Waals surface area contributed by atoms with Crippen molar-refractivity contribution >= 4 is 36.5 Å². The molecule has 0 unspecified atom stereocenters. The van der Waals surface area contributed by atoms with Gasteiger partial charge in [-0.15, -0.1) is 0 Å². The molecule has 34 heavy (non-hydrogen) atoms. The van der Waals surface area contributed by atoms with Crippen molar-refractivity contribution in [2.24, 2.45) is 0 Å². The Labute approximate surface area is 201 Å². The zero-order chi connectivity index (χ0) is 24.5. The second-order valence-electron chi connectivity index (χ2n) is 9.43. The van der Waals surface area contributed by atoms with Crippen LogP contribution in [0.15, 0.2) is 36.4 Å². The quantitative estimate of drug-likeness (QED) is 0.356. The van der Waals surface area contributed by atoms with Crippen LogP contribution in [0.1, 0.15) is 58.0 Å². The molecule has 1 aromatic heterocycles. The number of ether oxygens (including phenoxy) is 1. The first-order chi connectivity index (χ1) is 16.1. The van der Waals surface area contributed by atoms with Crippen LogP contribution >= 0.6 is 0 Å². The summed E-state index contributed by atoms with van der Waals surface area (Å²) >= 11 is 0. The van der Waals surface area contributed by atoms with Gasteiger partial charge in [-0.2, -0.15) is 0 Å². The van der Waals surface area contributed by atoms with Gasteiger partial charge in [-0.05, 0) is 70.3 Å². The summed E-state index contributed by atoms with van der Waals surface area (Å²) < 4.78 is 18.3. The third-order valence-corrected chi connectivity index (χ3v) is 6.50. The largest absolute Gasteiger partial charge is 0.494 e. The summed E-state index contributed by atoms with van der Waals surface area (Å²) in [6, 6.07) is 10.4. The summed E-state index contributed by atoms with van der Waals surface area (Å²) in [5.74, 6) is 0.488. The lowest BCUT2D eigenvalue weighted by molar-refractivity contribution is 0.00578. The Kier molecular flexibility index (Phi) is 6.46. The lowest BCUT2D eigenvalue weighted by Crippen LogP contribution is -2.41. The number of amidine groups is 1. The first-order valence-electron chi connectivity index (χ1n) is 11.4. The fourth-order valence-electron chi connectivity index (χ4n) is 3.75. The third kappa shape index (κ3) is 4.69. The zero-order valence-corrected chi connectivity index (χ0v) is 20.0. The summed E-state index contributed by atoms with van der Waals surface area (Å²) in [5, 5.41) is 18.9. The Hall–Kier alpha value is -3.24. The summed E-state index contributed by atoms with van der Waals surface area (Å²) in [5.41, 5.74) is 0.459. The number of hydrogen-bond acceptors (Lipinski definition) is 7. The van der Waals surface area contributed by atoms with Gasteiger partial charge in [0.05, 0.1) is 29.7 Å². The van der Waals surface area contributed by atoms with Gasteiger partial charge in [0.25, 0.3) is 5.91 Å². The Morgan fingerprint density at radius 2 is 1.88 bits per heavy atom. The van der Waals surface area contributed by atoms with Crippen LogP contribution in [0.2, 0.25) is 0 Å². The molecule has 2 bridgehead atoms. The molecule has 3 heterocycles. The summed E-state index contributed by atoms with van der Waals surface area (Å²) in [7, 11) is -0.606. The van der Waals surface area contributed by atoms with Crippen molar-refractivity contribution in [2.75, 3.05) is 18.5 Å². The standard InChI is InChI=1S/C24H30BN5O4.H2/c1-23(2)24(3,4)34-25(33-23)16-10-11-19-17(14-16)22(31)29-20-9-7-8-18(28-20)21(27)30(15-26)12-5-6-13-32-19;/h7-11,14-15,26-27H,5-6,12-13H2,1-4H3,(H,28,29,31);1H. The van der Waals surface area contributed by atoms with E-state index in [9.17, 15) is 4.79 Å². The number of carbonyl (C=O) groups is 1. The van der Waals surface area contributed by atoms with Gasteiger partial charge in [0.2, 0.25) is 0 Å². The number of carbonyl (C=O) groups excluding carboxylic acids is 1. The minimum Gasteiger partial charge on any atom is -0.493 e. The number of aromatic nitrogens is 1. The average Bonchev–Trinajstić information content (AvgIpc) is 3.02. The number of pyridine rings is 1. The van der Waals surface area contributed by atoms with Crippen LogP contribution in [0.25, 0.3) is 0 Å². The predicted molar refractivity (Wildman–Crippen MR) is 134 cm³/mol. The molecular weight excluding hydrogens is 433 g/mol. The highest BCUT2D eigenvalue weighted by Gasteiger charge is 2.51. The molecule has 0 atom stereocenters. The molecule has 9 nitrogen and oxygen atoms in total. The van der Waals surface area contributed by atoms with Crippen molar-refractivity contribution in [3.63, 3.8) is 0 Å². The first-order valence-corrected chi connectivity index (χ1v) is 11.4. The van der Waals surface area contributed by atoms with Crippen LogP contribution in [0.3, 0.4) is 0 Å².